The van der Waals surface area contributed by atoms with Gasteiger partial charge in [0, 0.05) is 40.0 Å². The van der Waals surface area contributed by atoms with Crippen LogP contribution in [-0.4, -0.2) is 67.5 Å². The molecule has 1 aromatic heterocycles. The van der Waals surface area contributed by atoms with Crippen LogP contribution >= 0.6 is 0 Å². The Morgan fingerprint density at radius 3 is 2.29 bits per heavy atom. The highest BCUT2D eigenvalue weighted by molar-refractivity contribution is 7.89. The molecule has 0 aliphatic carbocycles. The average Bonchev–Trinajstić information content (AvgIpc) is 2.91. The highest BCUT2D eigenvalue weighted by atomic mass is 32.2. The quantitative estimate of drug-likeness (QED) is 0.671. The fraction of sp³-hybridized carbons (Fsp3) is 0.688. The summed E-state index contributed by atoms with van der Waals surface area (Å²) in [6.07, 6.45) is 1.50. The number of sulfonamides is 1. The van der Waals surface area contributed by atoms with E-state index < -0.39 is 10.0 Å². The van der Waals surface area contributed by atoms with Gasteiger partial charge in [0.15, 0.2) is 0 Å². The summed E-state index contributed by atoms with van der Waals surface area (Å²) >= 11 is 0. The average molecular weight is 359 g/mol. The van der Waals surface area contributed by atoms with Gasteiger partial charge in [-0.05, 0) is 19.9 Å². The Hall–Kier alpha value is -1.38. The van der Waals surface area contributed by atoms with Crippen molar-refractivity contribution in [2.24, 2.45) is 7.05 Å². The van der Waals surface area contributed by atoms with Crippen LogP contribution in [0, 0.1) is 0 Å². The van der Waals surface area contributed by atoms with E-state index in [1.165, 1.54) is 16.6 Å². The first-order valence-electron chi connectivity index (χ1n) is 8.20. The van der Waals surface area contributed by atoms with Crippen LogP contribution in [0.15, 0.2) is 17.2 Å². The van der Waals surface area contributed by atoms with Gasteiger partial charge in [0.2, 0.25) is 10.0 Å². The van der Waals surface area contributed by atoms with E-state index in [0.717, 1.165) is 0 Å². The summed E-state index contributed by atoms with van der Waals surface area (Å²) in [4.78, 5) is 14.6. The van der Waals surface area contributed by atoms with E-state index in [4.69, 9.17) is 4.74 Å². The minimum atomic E-state index is -3.58. The molecule has 0 fully saturated rings. The lowest BCUT2D eigenvalue weighted by molar-refractivity contribution is 0.0570. The molecule has 0 spiro atoms. The first-order chi connectivity index (χ1) is 11.2. The molecule has 1 aromatic rings. The molecular formula is C16H29N3O4S. The lowest BCUT2D eigenvalue weighted by Gasteiger charge is -2.27. The minimum Gasteiger partial charge on any atom is -0.383 e. The predicted molar refractivity (Wildman–Crippen MR) is 93.6 cm³/mol. The van der Waals surface area contributed by atoms with E-state index in [1.807, 2.05) is 13.8 Å². The van der Waals surface area contributed by atoms with Crippen molar-refractivity contribution in [3.63, 3.8) is 0 Å². The lowest BCUT2D eigenvalue weighted by atomic mass is 10.2. The molecule has 1 amide bonds. The van der Waals surface area contributed by atoms with Crippen molar-refractivity contribution >= 4 is 15.9 Å². The van der Waals surface area contributed by atoms with Crippen LogP contribution in [0.4, 0.5) is 0 Å². The van der Waals surface area contributed by atoms with Crippen molar-refractivity contribution in [1.82, 2.24) is 13.8 Å². The maximum Gasteiger partial charge on any atom is 0.270 e. The molecule has 0 saturated carbocycles. The van der Waals surface area contributed by atoms with Crippen molar-refractivity contribution in [3.8, 4) is 0 Å². The topological polar surface area (TPSA) is 71.9 Å². The number of rotatable bonds is 9. The number of aromatic nitrogens is 1. The summed E-state index contributed by atoms with van der Waals surface area (Å²) in [5.74, 6) is -0.203. The van der Waals surface area contributed by atoms with E-state index >= 15 is 0 Å². The number of nitrogens with zero attached hydrogens (tertiary/aromatic N) is 3. The van der Waals surface area contributed by atoms with Gasteiger partial charge in [-0.2, -0.15) is 4.31 Å². The number of carbonyl (C=O) groups is 1. The number of hydrogen-bond donors (Lipinski definition) is 0. The normalized spacial score (nSPS) is 13.3. The zero-order valence-electron chi connectivity index (χ0n) is 15.4. The Kier molecular flexibility index (Phi) is 7.44. The number of carbonyl (C=O) groups excluding carboxylic acids is 1. The van der Waals surface area contributed by atoms with E-state index in [1.54, 1.807) is 37.5 Å². The van der Waals surface area contributed by atoms with Gasteiger partial charge in [-0.3, -0.25) is 4.79 Å². The largest absolute Gasteiger partial charge is 0.383 e. The molecule has 1 unspecified atom stereocenters. The lowest BCUT2D eigenvalue weighted by Crippen LogP contribution is -2.41. The second-order valence-corrected chi connectivity index (χ2v) is 7.59. The molecule has 0 aromatic carbocycles. The van der Waals surface area contributed by atoms with Crippen LogP contribution < -0.4 is 0 Å². The number of likely N-dealkylation sites (N-methyl/N-ethyl adjacent to an activating group) is 1. The smallest absolute Gasteiger partial charge is 0.270 e. The molecule has 24 heavy (non-hydrogen) atoms. The molecule has 0 N–H and O–H groups in total. The Morgan fingerprint density at radius 2 is 1.83 bits per heavy atom. The molecular weight excluding hydrogens is 330 g/mol. The molecule has 7 nitrogen and oxygen atoms in total. The molecule has 1 heterocycles. The van der Waals surface area contributed by atoms with E-state index in [2.05, 4.69) is 0 Å². The van der Waals surface area contributed by atoms with Gasteiger partial charge in [-0.15, -0.1) is 0 Å². The van der Waals surface area contributed by atoms with Gasteiger partial charge in [0.1, 0.15) is 10.6 Å². The Balaban J connectivity index is 3.20. The monoisotopic (exact) mass is 359 g/mol. The van der Waals surface area contributed by atoms with Crippen LogP contribution in [0.25, 0.3) is 0 Å². The molecule has 0 aliphatic heterocycles. The molecule has 0 aliphatic rings. The van der Waals surface area contributed by atoms with Gasteiger partial charge in [-0.1, -0.05) is 13.8 Å². The fourth-order valence-electron chi connectivity index (χ4n) is 2.73. The van der Waals surface area contributed by atoms with Gasteiger partial charge in [0.05, 0.1) is 12.6 Å². The number of aryl methyl sites for hydroxylation is 1. The molecule has 1 atom stereocenters. The third-order valence-electron chi connectivity index (χ3n) is 4.08. The highest BCUT2D eigenvalue weighted by Crippen LogP contribution is 2.20. The number of methoxy groups -OCH3 is 1. The van der Waals surface area contributed by atoms with Gasteiger partial charge >= 0.3 is 0 Å². The van der Waals surface area contributed by atoms with Gasteiger partial charge < -0.3 is 14.2 Å². The summed E-state index contributed by atoms with van der Waals surface area (Å²) in [5, 5.41) is 0. The standard InChI is InChI=1S/C16H29N3O4S/c1-7-18(8-2)24(21,22)14-10-15(17(5)11-14)16(20)19(9-3)13(4)12-23-6/h10-11,13H,7-9,12H2,1-6H3. The first kappa shape index (κ1) is 20.7. The van der Waals surface area contributed by atoms with E-state index in [9.17, 15) is 13.2 Å². The van der Waals surface area contributed by atoms with E-state index in [-0.39, 0.29) is 16.8 Å². The molecule has 0 saturated heterocycles. The summed E-state index contributed by atoms with van der Waals surface area (Å²) in [5.41, 5.74) is 0.352. The maximum absolute atomic E-state index is 12.8. The fourth-order valence-corrected chi connectivity index (χ4v) is 4.26. The van der Waals surface area contributed by atoms with Crippen LogP contribution in [0.5, 0.6) is 0 Å². The van der Waals surface area contributed by atoms with Crippen LogP contribution in [-0.2, 0) is 21.8 Å². The summed E-state index contributed by atoms with van der Waals surface area (Å²) in [7, 11) is -0.309. The Labute approximate surface area is 145 Å². The number of ether oxygens (including phenoxy) is 1. The van der Waals surface area contributed by atoms with Crippen LogP contribution in [0.2, 0.25) is 0 Å². The van der Waals surface area contributed by atoms with Crippen molar-refractivity contribution in [3.05, 3.63) is 18.0 Å². The molecule has 0 bridgehead atoms. The Bertz CT molecular complexity index is 650. The SMILES string of the molecule is CCN(C(=O)c1cc(S(=O)(=O)N(CC)CC)cn1C)C(C)COC. The molecule has 8 heteroatoms. The highest BCUT2D eigenvalue weighted by Gasteiger charge is 2.28. The maximum atomic E-state index is 12.8. The van der Waals surface area contributed by atoms with Gasteiger partial charge in [0.25, 0.3) is 5.91 Å². The zero-order chi connectivity index (χ0) is 18.5. The minimum absolute atomic E-state index is 0.0924. The zero-order valence-corrected chi connectivity index (χ0v) is 16.3. The second kappa shape index (κ2) is 8.64. The third kappa shape index (κ3) is 4.17. The van der Waals surface area contributed by atoms with Crippen LogP contribution in [0.1, 0.15) is 38.2 Å². The predicted octanol–water partition coefficient (Wildman–Crippen LogP) is 1.55. The molecule has 138 valence electrons. The van der Waals surface area contributed by atoms with Gasteiger partial charge in [-0.25, -0.2) is 8.42 Å². The molecule has 0 radical (unpaired) electrons. The summed E-state index contributed by atoms with van der Waals surface area (Å²) < 4.78 is 33.3. The van der Waals surface area contributed by atoms with Crippen molar-refractivity contribution in [2.45, 2.75) is 38.6 Å². The van der Waals surface area contributed by atoms with Crippen molar-refractivity contribution in [1.29, 1.82) is 0 Å². The Morgan fingerprint density at radius 1 is 1.25 bits per heavy atom. The third-order valence-corrected chi connectivity index (χ3v) is 6.10. The first-order valence-corrected chi connectivity index (χ1v) is 9.64. The van der Waals surface area contributed by atoms with Crippen LogP contribution in [0.3, 0.4) is 0 Å². The summed E-state index contributed by atoms with van der Waals surface area (Å²) in [6, 6.07) is 1.36. The van der Waals surface area contributed by atoms with Crippen molar-refractivity contribution in [2.75, 3.05) is 33.4 Å². The number of amides is 1. The number of hydrogen-bond acceptors (Lipinski definition) is 4. The van der Waals surface area contributed by atoms with E-state index in [0.29, 0.717) is 31.9 Å². The van der Waals surface area contributed by atoms with Crippen molar-refractivity contribution < 1.29 is 17.9 Å². The molecule has 1 rings (SSSR count). The second-order valence-electron chi connectivity index (χ2n) is 5.66. The summed E-state index contributed by atoms with van der Waals surface area (Å²) in [6.45, 7) is 9.11.